The third-order valence-electron chi connectivity index (χ3n) is 3.43. The SMILES string of the molecule is COc1c(F)cc(NC(=O)CCC2CCNC2)cc1F.Cl. The van der Waals surface area contributed by atoms with Crippen molar-refractivity contribution in [2.24, 2.45) is 5.92 Å². The van der Waals surface area contributed by atoms with Gasteiger partial charge in [-0.15, -0.1) is 12.4 Å². The summed E-state index contributed by atoms with van der Waals surface area (Å²) in [7, 11) is 1.19. The van der Waals surface area contributed by atoms with Gasteiger partial charge in [-0.25, -0.2) is 8.78 Å². The third kappa shape index (κ3) is 4.82. The average molecular weight is 321 g/mol. The lowest BCUT2D eigenvalue weighted by molar-refractivity contribution is -0.116. The minimum atomic E-state index is -0.831. The van der Waals surface area contributed by atoms with E-state index in [1.54, 1.807) is 0 Å². The Morgan fingerprint density at radius 2 is 2.10 bits per heavy atom. The van der Waals surface area contributed by atoms with Crippen LogP contribution in [-0.4, -0.2) is 26.1 Å². The van der Waals surface area contributed by atoms with E-state index >= 15 is 0 Å². The molecule has 0 spiro atoms. The van der Waals surface area contributed by atoms with E-state index in [9.17, 15) is 13.6 Å². The molecule has 1 unspecified atom stereocenters. The molecule has 0 radical (unpaired) electrons. The number of hydrogen-bond acceptors (Lipinski definition) is 3. The topological polar surface area (TPSA) is 50.4 Å². The number of nitrogens with one attached hydrogen (secondary N) is 2. The van der Waals surface area contributed by atoms with Gasteiger partial charge in [-0.1, -0.05) is 0 Å². The van der Waals surface area contributed by atoms with Crippen LogP contribution in [0, 0.1) is 17.6 Å². The molecular weight excluding hydrogens is 302 g/mol. The summed E-state index contributed by atoms with van der Waals surface area (Å²) in [4.78, 5) is 11.7. The number of anilines is 1. The number of rotatable bonds is 5. The van der Waals surface area contributed by atoms with Crippen LogP contribution in [0.3, 0.4) is 0 Å². The summed E-state index contributed by atoms with van der Waals surface area (Å²) in [6.07, 6.45) is 2.20. The second-order valence-corrected chi connectivity index (χ2v) is 4.92. The highest BCUT2D eigenvalue weighted by atomic mass is 35.5. The Balaban J connectivity index is 0.00000220. The Bertz CT molecular complexity index is 471. The van der Waals surface area contributed by atoms with Crippen molar-refractivity contribution in [3.8, 4) is 5.75 Å². The van der Waals surface area contributed by atoms with Crippen molar-refractivity contribution >= 4 is 24.0 Å². The molecule has 1 fully saturated rings. The van der Waals surface area contributed by atoms with Gasteiger partial charge in [0, 0.05) is 24.2 Å². The molecule has 4 nitrogen and oxygen atoms in total. The zero-order valence-electron chi connectivity index (χ0n) is 11.7. The van der Waals surface area contributed by atoms with Gasteiger partial charge in [-0.3, -0.25) is 4.79 Å². The van der Waals surface area contributed by atoms with Crippen molar-refractivity contribution in [2.75, 3.05) is 25.5 Å². The summed E-state index contributed by atoms with van der Waals surface area (Å²) in [5, 5.41) is 5.73. The summed E-state index contributed by atoms with van der Waals surface area (Å²) < 4.78 is 31.5. The standard InChI is InChI=1S/C14H18F2N2O2.ClH/c1-20-14-11(15)6-10(7-12(14)16)18-13(19)3-2-9-4-5-17-8-9;/h6-7,9,17H,2-5,8H2,1H3,(H,18,19);1H. The first-order valence-electron chi connectivity index (χ1n) is 6.63. The smallest absolute Gasteiger partial charge is 0.224 e. The highest BCUT2D eigenvalue weighted by Gasteiger charge is 2.17. The highest BCUT2D eigenvalue weighted by Crippen LogP contribution is 2.25. The molecule has 0 saturated carbocycles. The van der Waals surface area contributed by atoms with Crippen LogP contribution in [0.1, 0.15) is 19.3 Å². The molecule has 118 valence electrons. The molecular formula is C14H19ClF2N2O2. The molecule has 1 aliphatic heterocycles. The lowest BCUT2D eigenvalue weighted by Gasteiger charge is -2.10. The Morgan fingerprint density at radius 3 is 2.62 bits per heavy atom. The zero-order chi connectivity index (χ0) is 14.5. The maximum Gasteiger partial charge on any atom is 0.224 e. The summed E-state index contributed by atoms with van der Waals surface area (Å²) in [6, 6.07) is 2.11. The summed E-state index contributed by atoms with van der Waals surface area (Å²) in [5.74, 6) is -1.84. The quantitative estimate of drug-likeness (QED) is 0.877. The Labute approximate surface area is 128 Å². The largest absolute Gasteiger partial charge is 0.491 e. The van der Waals surface area contributed by atoms with Gasteiger partial charge in [0.2, 0.25) is 5.91 Å². The summed E-state index contributed by atoms with van der Waals surface area (Å²) >= 11 is 0. The van der Waals surface area contributed by atoms with Gasteiger partial charge in [0.1, 0.15) is 0 Å². The Hall–Kier alpha value is -1.40. The minimum absolute atomic E-state index is 0. The van der Waals surface area contributed by atoms with E-state index in [0.717, 1.165) is 38.1 Å². The van der Waals surface area contributed by atoms with Gasteiger partial charge in [-0.05, 0) is 31.8 Å². The summed E-state index contributed by atoms with van der Waals surface area (Å²) in [5.41, 5.74) is 0.107. The summed E-state index contributed by atoms with van der Waals surface area (Å²) in [6.45, 7) is 1.92. The third-order valence-corrected chi connectivity index (χ3v) is 3.43. The average Bonchev–Trinajstić information content (AvgIpc) is 2.89. The van der Waals surface area contributed by atoms with Crippen molar-refractivity contribution in [3.63, 3.8) is 0 Å². The van der Waals surface area contributed by atoms with Gasteiger partial charge in [-0.2, -0.15) is 0 Å². The molecule has 1 aliphatic rings. The van der Waals surface area contributed by atoms with E-state index < -0.39 is 17.4 Å². The number of amides is 1. The van der Waals surface area contributed by atoms with E-state index in [0.29, 0.717) is 12.3 Å². The number of carbonyl (C=O) groups excluding carboxylic acids is 1. The van der Waals surface area contributed by atoms with Crippen LogP contribution in [0.2, 0.25) is 0 Å². The van der Waals surface area contributed by atoms with Crippen LogP contribution in [0.4, 0.5) is 14.5 Å². The normalized spacial score (nSPS) is 17.2. The second kappa shape index (κ2) is 8.14. The number of carbonyl (C=O) groups is 1. The molecule has 1 amide bonds. The van der Waals surface area contributed by atoms with Crippen LogP contribution in [0.5, 0.6) is 5.75 Å². The number of ether oxygens (including phenoxy) is 1. The molecule has 21 heavy (non-hydrogen) atoms. The van der Waals surface area contributed by atoms with Crippen LogP contribution >= 0.6 is 12.4 Å². The molecule has 1 heterocycles. The van der Waals surface area contributed by atoms with Crippen molar-refractivity contribution < 1.29 is 18.3 Å². The Morgan fingerprint density at radius 1 is 1.43 bits per heavy atom. The van der Waals surface area contributed by atoms with Crippen molar-refractivity contribution in [3.05, 3.63) is 23.8 Å². The van der Waals surface area contributed by atoms with Crippen molar-refractivity contribution in [2.45, 2.75) is 19.3 Å². The predicted octanol–water partition coefficient (Wildman–Crippen LogP) is 2.72. The molecule has 2 rings (SSSR count). The van der Waals surface area contributed by atoms with E-state index in [1.165, 1.54) is 7.11 Å². The van der Waals surface area contributed by atoms with E-state index in [-0.39, 0.29) is 24.0 Å². The predicted molar refractivity (Wildman–Crippen MR) is 79.0 cm³/mol. The van der Waals surface area contributed by atoms with Crippen molar-refractivity contribution in [1.82, 2.24) is 5.32 Å². The van der Waals surface area contributed by atoms with Gasteiger partial charge in [0.05, 0.1) is 7.11 Å². The maximum absolute atomic E-state index is 13.5. The molecule has 0 aromatic heterocycles. The lowest BCUT2D eigenvalue weighted by atomic mass is 10.0. The molecule has 1 aromatic rings. The molecule has 0 aliphatic carbocycles. The van der Waals surface area contributed by atoms with E-state index in [1.807, 2.05) is 0 Å². The van der Waals surface area contributed by atoms with Crippen LogP contribution in [-0.2, 0) is 4.79 Å². The fourth-order valence-electron chi connectivity index (χ4n) is 2.35. The molecule has 2 N–H and O–H groups in total. The first kappa shape index (κ1) is 17.7. The van der Waals surface area contributed by atoms with Crippen LogP contribution < -0.4 is 15.4 Å². The highest BCUT2D eigenvalue weighted by molar-refractivity contribution is 5.90. The first-order valence-corrected chi connectivity index (χ1v) is 6.63. The number of hydrogen-bond donors (Lipinski definition) is 2. The van der Waals surface area contributed by atoms with Crippen LogP contribution in [0.25, 0.3) is 0 Å². The first-order chi connectivity index (χ1) is 9.60. The fourth-order valence-corrected chi connectivity index (χ4v) is 2.35. The van der Waals surface area contributed by atoms with Gasteiger partial charge in [0.15, 0.2) is 17.4 Å². The molecule has 1 atom stereocenters. The number of benzene rings is 1. The second-order valence-electron chi connectivity index (χ2n) is 4.92. The van der Waals surface area contributed by atoms with E-state index in [2.05, 4.69) is 15.4 Å². The fraction of sp³-hybridized carbons (Fsp3) is 0.500. The van der Waals surface area contributed by atoms with E-state index in [4.69, 9.17) is 0 Å². The molecule has 0 bridgehead atoms. The maximum atomic E-state index is 13.5. The molecule has 1 saturated heterocycles. The van der Waals surface area contributed by atoms with Crippen LogP contribution in [0.15, 0.2) is 12.1 Å². The minimum Gasteiger partial charge on any atom is -0.491 e. The Kier molecular flexibility index (Phi) is 6.84. The molecule has 7 heteroatoms. The van der Waals surface area contributed by atoms with Gasteiger partial charge >= 0.3 is 0 Å². The molecule has 1 aromatic carbocycles. The van der Waals surface area contributed by atoms with Gasteiger partial charge in [0.25, 0.3) is 0 Å². The van der Waals surface area contributed by atoms with Gasteiger partial charge < -0.3 is 15.4 Å². The zero-order valence-corrected chi connectivity index (χ0v) is 12.6. The number of methoxy groups -OCH3 is 1. The van der Waals surface area contributed by atoms with Crippen molar-refractivity contribution in [1.29, 1.82) is 0 Å². The number of halogens is 3. The monoisotopic (exact) mass is 320 g/mol. The lowest BCUT2D eigenvalue weighted by Crippen LogP contribution is -2.15.